The van der Waals surface area contributed by atoms with Gasteiger partial charge in [-0.2, -0.15) is 0 Å². The Kier molecular flexibility index (Phi) is 4.68. The Labute approximate surface area is 95.1 Å². The van der Waals surface area contributed by atoms with Crippen molar-refractivity contribution in [3.05, 3.63) is 35.9 Å². The van der Waals surface area contributed by atoms with Crippen LogP contribution in [-0.2, 0) is 4.79 Å². The molecule has 16 heavy (non-hydrogen) atoms. The Bertz CT molecular complexity index is 430. The molecule has 0 heterocycles. The van der Waals surface area contributed by atoms with Gasteiger partial charge in [-0.05, 0) is 23.8 Å². The van der Waals surface area contributed by atoms with Gasteiger partial charge < -0.3 is 10.1 Å². The zero-order chi connectivity index (χ0) is 11.8. The van der Waals surface area contributed by atoms with E-state index in [2.05, 4.69) is 11.2 Å². The molecule has 3 heteroatoms. The van der Waals surface area contributed by atoms with Gasteiger partial charge in [0.05, 0.1) is 13.7 Å². The molecular weight excluding hydrogens is 202 g/mol. The number of hydrogen-bond donors (Lipinski definition) is 1. The van der Waals surface area contributed by atoms with Gasteiger partial charge in [0, 0.05) is 6.08 Å². The minimum atomic E-state index is -0.208. The van der Waals surface area contributed by atoms with Crippen molar-refractivity contribution < 1.29 is 9.53 Å². The highest BCUT2D eigenvalue weighted by atomic mass is 16.5. The molecule has 0 aliphatic carbocycles. The van der Waals surface area contributed by atoms with Gasteiger partial charge in [0.2, 0.25) is 5.91 Å². The van der Waals surface area contributed by atoms with Crippen molar-refractivity contribution >= 4 is 12.0 Å². The van der Waals surface area contributed by atoms with Gasteiger partial charge in [-0.25, -0.2) is 0 Å². The maximum atomic E-state index is 11.2. The average Bonchev–Trinajstić information content (AvgIpc) is 2.34. The van der Waals surface area contributed by atoms with Gasteiger partial charge in [0.25, 0.3) is 0 Å². The molecule has 0 fully saturated rings. The summed E-state index contributed by atoms with van der Waals surface area (Å²) < 4.78 is 5.07. The Balaban J connectivity index is 2.62. The molecule has 1 rings (SSSR count). The summed E-state index contributed by atoms with van der Waals surface area (Å²) in [6, 6.07) is 7.42. The SMILES string of the molecule is C#CCNC(=O)/C=C/c1cccc(OC)c1. The number of benzene rings is 1. The number of carbonyl (C=O) groups is 1. The number of nitrogens with one attached hydrogen (secondary N) is 1. The third-order valence-electron chi connectivity index (χ3n) is 1.89. The van der Waals surface area contributed by atoms with Crippen LogP contribution in [0.5, 0.6) is 5.75 Å². The minimum Gasteiger partial charge on any atom is -0.497 e. The molecule has 0 unspecified atom stereocenters. The quantitative estimate of drug-likeness (QED) is 0.610. The number of amides is 1. The molecule has 0 saturated heterocycles. The fourth-order valence-electron chi connectivity index (χ4n) is 1.11. The molecule has 0 bridgehead atoms. The molecule has 0 atom stereocenters. The standard InChI is InChI=1S/C13H13NO2/c1-3-9-14-13(15)8-7-11-5-4-6-12(10-11)16-2/h1,4-8,10H,9H2,2H3,(H,14,15)/b8-7+. The zero-order valence-corrected chi connectivity index (χ0v) is 9.07. The first-order chi connectivity index (χ1) is 7.76. The van der Waals surface area contributed by atoms with Gasteiger partial charge in [-0.1, -0.05) is 18.1 Å². The summed E-state index contributed by atoms with van der Waals surface area (Å²) in [5.74, 6) is 2.88. The highest BCUT2D eigenvalue weighted by Crippen LogP contribution is 2.13. The molecule has 1 N–H and O–H groups in total. The first kappa shape index (κ1) is 11.9. The van der Waals surface area contributed by atoms with Crippen molar-refractivity contribution in [2.45, 2.75) is 0 Å². The van der Waals surface area contributed by atoms with Gasteiger partial charge >= 0.3 is 0 Å². The summed E-state index contributed by atoms with van der Waals surface area (Å²) in [6.07, 6.45) is 8.16. The van der Waals surface area contributed by atoms with E-state index in [1.807, 2.05) is 24.3 Å². The Morgan fingerprint density at radius 3 is 3.12 bits per heavy atom. The summed E-state index contributed by atoms with van der Waals surface area (Å²) in [7, 11) is 1.60. The first-order valence-corrected chi connectivity index (χ1v) is 4.79. The van der Waals surface area contributed by atoms with Gasteiger partial charge in [-0.3, -0.25) is 4.79 Å². The van der Waals surface area contributed by atoms with E-state index >= 15 is 0 Å². The van der Waals surface area contributed by atoms with Crippen LogP contribution >= 0.6 is 0 Å². The molecule has 1 aromatic carbocycles. The molecule has 0 radical (unpaired) electrons. The third kappa shape index (κ3) is 3.89. The minimum absolute atomic E-state index is 0.208. The number of ether oxygens (including phenoxy) is 1. The van der Waals surface area contributed by atoms with Crippen molar-refractivity contribution in [2.24, 2.45) is 0 Å². The molecule has 0 aromatic heterocycles. The Morgan fingerprint density at radius 2 is 2.44 bits per heavy atom. The molecule has 82 valence electrons. The van der Waals surface area contributed by atoms with E-state index < -0.39 is 0 Å². The summed E-state index contributed by atoms with van der Waals surface area (Å²) in [5.41, 5.74) is 0.898. The predicted molar refractivity (Wildman–Crippen MR) is 63.9 cm³/mol. The molecule has 3 nitrogen and oxygen atoms in total. The second kappa shape index (κ2) is 6.31. The lowest BCUT2D eigenvalue weighted by Crippen LogP contribution is -2.20. The fraction of sp³-hybridized carbons (Fsp3) is 0.154. The topological polar surface area (TPSA) is 38.3 Å². The Morgan fingerprint density at radius 1 is 1.62 bits per heavy atom. The molecule has 1 aromatic rings. The van der Waals surface area contributed by atoms with Crippen LogP contribution in [-0.4, -0.2) is 19.6 Å². The number of terminal acetylenes is 1. The lowest BCUT2D eigenvalue weighted by molar-refractivity contribution is -0.116. The van der Waals surface area contributed by atoms with E-state index in [9.17, 15) is 4.79 Å². The van der Waals surface area contributed by atoms with Crippen molar-refractivity contribution in [2.75, 3.05) is 13.7 Å². The zero-order valence-electron chi connectivity index (χ0n) is 9.07. The third-order valence-corrected chi connectivity index (χ3v) is 1.89. The van der Waals surface area contributed by atoms with Crippen LogP contribution in [0, 0.1) is 12.3 Å². The molecule has 0 aliphatic heterocycles. The lowest BCUT2D eigenvalue weighted by atomic mass is 10.2. The van der Waals surface area contributed by atoms with Crippen LogP contribution in [0.1, 0.15) is 5.56 Å². The van der Waals surface area contributed by atoms with Crippen molar-refractivity contribution in [1.29, 1.82) is 0 Å². The van der Waals surface area contributed by atoms with Crippen molar-refractivity contribution in [3.8, 4) is 18.1 Å². The highest BCUT2D eigenvalue weighted by molar-refractivity contribution is 5.91. The normalized spacial score (nSPS) is 9.75. The van der Waals surface area contributed by atoms with Crippen LogP contribution in [0.25, 0.3) is 6.08 Å². The largest absolute Gasteiger partial charge is 0.497 e. The molecule has 0 saturated carbocycles. The molecular formula is C13H13NO2. The van der Waals surface area contributed by atoms with Crippen molar-refractivity contribution in [1.82, 2.24) is 5.32 Å². The predicted octanol–water partition coefficient (Wildman–Crippen LogP) is 1.46. The number of hydrogen-bond acceptors (Lipinski definition) is 2. The van der Waals surface area contributed by atoms with Gasteiger partial charge in [0.1, 0.15) is 5.75 Å². The number of methoxy groups -OCH3 is 1. The number of rotatable bonds is 4. The first-order valence-electron chi connectivity index (χ1n) is 4.79. The van der Waals surface area contributed by atoms with E-state index in [0.717, 1.165) is 11.3 Å². The summed E-state index contributed by atoms with van der Waals surface area (Å²) >= 11 is 0. The summed E-state index contributed by atoms with van der Waals surface area (Å²) in [5, 5.41) is 2.54. The second-order valence-electron chi connectivity index (χ2n) is 3.03. The van der Waals surface area contributed by atoms with Crippen LogP contribution in [0.2, 0.25) is 0 Å². The Hall–Kier alpha value is -2.21. The molecule has 0 spiro atoms. The van der Waals surface area contributed by atoms with E-state index in [4.69, 9.17) is 11.2 Å². The second-order valence-corrected chi connectivity index (χ2v) is 3.03. The van der Waals surface area contributed by atoms with Gasteiger partial charge in [-0.15, -0.1) is 6.42 Å². The van der Waals surface area contributed by atoms with E-state index in [1.165, 1.54) is 6.08 Å². The maximum absolute atomic E-state index is 11.2. The summed E-state index contributed by atoms with van der Waals surface area (Å²) in [6.45, 7) is 0.237. The smallest absolute Gasteiger partial charge is 0.244 e. The highest BCUT2D eigenvalue weighted by Gasteiger charge is 1.94. The molecule has 0 aliphatic rings. The van der Waals surface area contributed by atoms with E-state index in [1.54, 1.807) is 13.2 Å². The van der Waals surface area contributed by atoms with Crippen LogP contribution in [0.3, 0.4) is 0 Å². The molecule has 1 amide bonds. The van der Waals surface area contributed by atoms with Crippen molar-refractivity contribution in [3.63, 3.8) is 0 Å². The van der Waals surface area contributed by atoms with E-state index in [-0.39, 0.29) is 12.5 Å². The monoisotopic (exact) mass is 215 g/mol. The fourth-order valence-corrected chi connectivity index (χ4v) is 1.11. The van der Waals surface area contributed by atoms with Crippen LogP contribution < -0.4 is 10.1 Å². The van der Waals surface area contributed by atoms with Crippen LogP contribution in [0.15, 0.2) is 30.3 Å². The van der Waals surface area contributed by atoms with E-state index in [0.29, 0.717) is 0 Å². The average molecular weight is 215 g/mol. The van der Waals surface area contributed by atoms with Gasteiger partial charge in [0.15, 0.2) is 0 Å². The lowest BCUT2D eigenvalue weighted by Gasteiger charge is -2.00. The van der Waals surface area contributed by atoms with Crippen LogP contribution in [0.4, 0.5) is 0 Å². The number of carbonyl (C=O) groups excluding carboxylic acids is 1. The summed E-state index contributed by atoms with van der Waals surface area (Å²) in [4.78, 5) is 11.2. The maximum Gasteiger partial charge on any atom is 0.244 e.